The first-order valence-corrected chi connectivity index (χ1v) is 7.07. The Morgan fingerprint density at radius 3 is 2.71 bits per heavy atom. The van der Waals surface area contributed by atoms with Crippen molar-refractivity contribution in [2.45, 2.75) is 19.1 Å². The van der Waals surface area contributed by atoms with Crippen LogP contribution < -0.4 is 10.5 Å². The van der Waals surface area contributed by atoms with Gasteiger partial charge in [-0.25, -0.2) is 4.39 Å². The molecule has 2 N–H and O–H groups in total. The zero-order valence-corrected chi connectivity index (χ0v) is 12.1. The fraction of sp³-hybridized carbons (Fsp3) is 0.294. The molecule has 0 bridgehead atoms. The van der Waals surface area contributed by atoms with Crippen molar-refractivity contribution in [3.8, 4) is 5.75 Å². The van der Waals surface area contributed by atoms with Crippen molar-refractivity contribution in [2.24, 2.45) is 5.73 Å². The highest BCUT2D eigenvalue weighted by Gasteiger charge is 2.31. The second kappa shape index (κ2) is 5.84. The summed E-state index contributed by atoms with van der Waals surface area (Å²) in [6.45, 7) is 1.81. The number of rotatable bonds is 4. The molecule has 110 valence electrons. The molecular weight excluding hydrogens is 267 g/mol. The van der Waals surface area contributed by atoms with Gasteiger partial charge >= 0.3 is 0 Å². The van der Waals surface area contributed by atoms with Crippen LogP contribution in [0.1, 0.15) is 22.7 Å². The van der Waals surface area contributed by atoms with Crippen LogP contribution in [0.25, 0.3) is 0 Å². The Morgan fingerprint density at radius 1 is 1.29 bits per heavy atom. The van der Waals surface area contributed by atoms with Crippen LogP contribution in [0.2, 0.25) is 0 Å². The first-order valence-electron chi connectivity index (χ1n) is 7.07. The average molecular weight is 286 g/mol. The Labute approximate surface area is 124 Å². The average Bonchev–Trinajstić information content (AvgIpc) is 2.86. The van der Waals surface area contributed by atoms with Gasteiger partial charge in [-0.1, -0.05) is 30.3 Å². The number of nitrogens with two attached hydrogens (primary N) is 1. The first-order chi connectivity index (χ1) is 10.2. The van der Waals surface area contributed by atoms with Crippen LogP contribution >= 0.6 is 0 Å². The fourth-order valence-electron chi connectivity index (χ4n) is 2.98. The molecule has 0 aliphatic carbocycles. The Balaban J connectivity index is 1.91. The van der Waals surface area contributed by atoms with E-state index in [1.165, 1.54) is 11.6 Å². The molecule has 1 unspecified atom stereocenters. The van der Waals surface area contributed by atoms with Gasteiger partial charge in [0.25, 0.3) is 0 Å². The third-order valence-electron chi connectivity index (χ3n) is 4.05. The summed E-state index contributed by atoms with van der Waals surface area (Å²) in [5, 5.41) is 0. The van der Waals surface area contributed by atoms with Gasteiger partial charge in [-0.3, -0.25) is 4.90 Å². The molecule has 0 aromatic heterocycles. The molecule has 4 heteroatoms. The van der Waals surface area contributed by atoms with Crippen LogP contribution in [0.3, 0.4) is 0 Å². The predicted molar refractivity (Wildman–Crippen MR) is 80.4 cm³/mol. The Bertz CT molecular complexity index is 630. The van der Waals surface area contributed by atoms with E-state index >= 15 is 0 Å². The van der Waals surface area contributed by atoms with Crippen molar-refractivity contribution >= 4 is 0 Å². The summed E-state index contributed by atoms with van der Waals surface area (Å²) < 4.78 is 19.4. The van der Waals surface area contributed by atoms with Gasteiger partial charge in [-0.15, -0.1) is 0 Å². The molecule has 0 radical (unpaired) electrons. The zero-order chi connectivity index (χ0) is 14.8. The maximum absolute atomic E-state index is 14.2. The summed E-state index contributed by atoms with van der Waals surface area (Å²) in [7, 11) is 1.55. The van der Waals surface area contributed by atoms with Crippen LogP contribution in [0.5, 0.6) is 5.75 Å². The van der Waals surface area contributed by atoms with Crippen LogP contribution in [-0.4, -0.2) is 18.6 Å². The van der Waals surface area contributed by atoms with Crippen molar-refractivity contribution in [3.63, 3.8) is 0 Å². The third-order valence-corrected chi connectivity index (χ3v) is 4.05. The highest BCUT2D eigenvalue weighted by Crippen LogP contribution is 2.37. The van der Waals surface area contributed by atoms with E-state index in [9.17, 15) is 4.39 Å². The zero-order valence-electron chi connectivity index (χ0n) is 12.1. The van der Waals surface area contributed by atoms with Crippen molar-refractivity contribution in [1.82, 2.24) is 4.90 Å². The second-order valence-corrected chi connectivity index (χ2v) is 5.32. The van der Waals surface area contributed by atoms with Crippen molar-refractivity contribution in [2.75, 3.05) is 13.7 Å². The second-order valence-electron chi connectivity index (χ2n) is 5.32. The normalized spacial score (nSPS) is 17.8. The number of methoxy groups -OCH3 is 1. The van der Waals surface area contributed by atoms with Gasteiger partial charge in [0.1, 0.15) is 11.6 Å². The molecule has 21 heavy (non-hydrogen) atoms. The third kappa shape index (κ3) is 2.64. The summed E-state index contributed by atoms with van der Waals surface area (Å²) >= 11 is 0. The number of hydrogen-bond donors (Lipinski definition) is 1. The van der Waals surface area contributed by atoms with E-state index in [1.54, 1.807) is 7.11 Å². The van der Waals surface area contributed by atoms with E-state index in [0.717, 1.165) is 17.7 Å². The van der Waals surface area contributed by atoms with E-state index in [2.05, 4.69) is 17.0 Å². The molecular formula is C17H19FN2O. The molecule has 0 fully saturated rings. The lowest BCUT2D eigenvalue weighted by Gasteiger charge is -2.23. The van der Waals surface area contributed by atoms with Gasteiger partial charge in [0.15, 0.2) is 0 Å². The van der Waals surface area contributed by atoms with Gasteiger partial charge in [0.2, 0.25) is 0 Å². The molecule has 1 aliphatic heterocycles. The summed E-state index contributed by atoms with van der Waals surface area (Å²) in [5.41, 5.74) is 8.82. The largest absolute Gasteiger partial charge is 0.497 e. The molecule has 1 atom stereocenters. The number of hydrogen-bond acceptors (Lipinski definition) is 3. The number of benzene rings is 2. The quantitative estimate of drug-likeness (QED) is 0.939. The number of ether oxygens (including phenoxy) is 1. The van der Waals surface area contributed by atoms with E-state index in [0.29, 0.717) is 18.8 Å². The summed E-state index contributed by atoms with van der Waals surface area (Å²) in [6, 6.07) is 13.6. The Hall–Kier alpha value is -1.91. The molecule has 3 rings (SSSR count). The lowest BCUT2D eigenvalue weighted by Crippen LogP contribution is -2.27. The smallest absolute Gasteiger partial charge is 0.131 e. The van der Waals surface area contributed by atoms with Crippen LogP contribution in [0.4, 0.5) is 4.39 Å². The van der Waals surface area contributed by atoms with Gasteiger partial charge in [0, 0.05) is 37.3 Å². The summed E-state index contributed by atoms with van der Waals surface area (Å²) in [4.78, 5) is 2.21. The summed E-state index contributed by atoms with van der Waals surface area (Å²) in [6.07, 6.45) is 0. The van der Waals surface area contributed by atoms with Crippen LogP contribution in [0, 0.1) is 5.82 Å². The fourth-order valence-corrected chi connectivity index (χ4v) is 2.98. The van der Waals surface area contributed by atoms with Crippen LogP contribution in [0.15, 0.2) is 42.5 Å². The molecule has 2 aromatic rings. The highest BCUT2D eigenvalue weighted by atomic mass is 19.1. The molecule has 0 amide bonds. The molecule has 0 saturated heterocycles. The van der Waals surface area contributed by atoms with Gasteiger partial charge in [-0.2, -0.15) is 0 Å². The monoisotopic (exact) mass is 286 g/mol. The Kier molecular flexibility index (Phi) is 3.90. The Morgan fingerprint density at radius 2 is 2.05 bits per heavy atom. The SMILES string of the molecule is COc1cc(F)c2c(c1)C(CN)N(Cc1ccccc1)C2. The molecule has 1 heterocycles. The highest BCUT2D eigenvalue weighted by molar-refractivity contribution is 5.42. The molecule has 1 aliphatic rings. The lowest BCUT2D eigenvalue weighted by molar-refractivity contribution is 0.210. The van der Waals surface area contributed by atoms with Crippen molar-refractivity contribution in [1.29, 1.82) is 0 Å². The van der Waals surface area contributed by atoms with E-state index in [-0.39, 0.29) is 11.9 Å². The van der Waals surface area contributed by atoms with E-state index in [4.69, 9.17) is 10.5 Å². The maximum Gasteiger partial charge on any atom is 0.131 e. The van der Waals surface area contributed by atoms with Crippen molar-refractivity contribution in [3.05, 3.63) is 65.0 Å². The van der Waals surface area contributed by atoms with Crippen molar-refractivity contribution < 1.29 is 9.13 Å². The molecule has 3 nitrogen and oxygen atoms in total. The number of nitrogens with zero attached hydrogens (tertiary/aromatic N) is 1. The minimum absolute atomic E-state index is 0.0322. The standard InChI is InChI=1S/C17H19FN2O/c1-21-13-7-14-15(16(18)8-13)11-20(17(14)9-19)10-12-5-3-2-4-6-12/h2-8,17H,9-11,19H2,1H3. The molecule has 2 aromatic carbocycles. The maximum atomic E-state index is 14.2. The topological polar surface area (TPSA) is 38.5 Å². The first kappa shape index (κ1) is 14.0. The molecule has 0 spiro atoms. The minimum Gasteiger partial charge on any atom is -0.497 e. The lowest BCUT2D eigenvalue weighted by atomic mass is 10.0. The molecule has 0 saturated carbocycles. The van der Waals surface area contributed by atoms with Crippen LogP contribution in [-0.2, 0) is 13.1 Å². The van der Waals surface area contributed by atoms with Gasteiger partial charge in [-0.05, 0) is 17.2 Å². The van der Waals surface area contributed by atoms with E-state index in [1.807, 2.05) is 24.3 Å². The van der Waals surface area contributed by atoms with Gasteiger partial charge < -0.3 is 10.5 Å². The summed E-state index contributed by atoms with van der Waals surface area (Å²) in [5.74, 6) is 0.338. The number of fused-ring (bicyclic) bond motifs is 1. The number of halogens is 1. The van der Waals surface area contributed by atoms with Gasteiger partial charge in [0.05, 0.1) is 7.11 Å². The predicted octanol–water partition coefficient (Wildman–Crippen LogP) is 2.85. The van der Waals surface area contributed by atoms with E-state index < -0.39 is 0 Å². The minimum atomic E-state index is -0.210.